The number of hydrogen-bond donors (Lipinski definition) is 5. The van der Waals surface area contributed by atoms with Crippen LogP contribution in [0.5, 0.6) is 0 Å². The van der Waals surface area contributed by atoms with E-state index in [2.05, 4.69) is 15.6 Å². The molecule has 278 valence electrons. The number of carbonyl (C=O) groups excluding carboxylic acids is 5. The van der Waals surface area contributed by atoms with E-state index in [-0.39, 0.29) is 18.0 Å². The largest absolute Gasteiger partial charge is 0.391 e. The number of nitrogens with two attached hydrogens (primary N) is 2. The number of pyridine rings is 1. The number of ketones is 3. The zero-order valence-corrected chi connectivity index (χ0v) is 30.6. The van der Waals surface area contributed by atoms with Crippen molar-refractivity contribution in [2.24, 2.45) is 40.6 Å². The van der Waals surface area contributed by atoms with Gasteiger partial charge in [-0.05, 0) is 48.3 Å². The van der Waals surface area contributed by atoms with Crippen LogP contribution < -0.4 is 22.1 Å². The molecule has 51 heavy (non-hydrogen) atoms. The lowest BCUT2D eigenvalue weighted by molar-refractivity contribution is -0.169. The number of nitrogens with zero attached hydrogens (tertiary/aromatic N) is 1. The van der Waals surface area contributed by atoms with Gasteiger partial charge >= 0.3 is 0 Å². The van der Waals surface area contributed by atoms with Crippen molar-refractivity contribution in [3.63, 3.8) is 0 Å². The summed E-state index contributed by atoms with van der Waals surface area (Å²) in [4.78, 5) is 75.7. The maximum absolute atomic E-state index is 15.0. The molecule has 4 rings (SSSR count). The van der Waals surface area contributed by atoms with Crippen LogP contribution in [0.3, 0.4) is 0 Å². The summed E-state index contributed by atoms with van der Waals surface area (Å²) >= 11 is 0. The molecule has 0 spiro atoms. The molecule has 7 N–H and O–H groups in total. The Hall–Kier alpha value is -3.80. The molecule has 0 radical (unpaired) electrons. The Morgan fingerprint density at radius 1 is 0.980 bits per heavy atom. The Bertz CT molecular complexity index is 1500. The summed E-state index contributed by atoms with van der Waals surface area (Å²) in [7, 11) is 0. The van der Waals surface area contributed by atoms with E-state index in [0.29, 0.717) is 24.3 Å². The van der Waals surface area contributed by atoms with Crippen LogP contribution in [-0.4, -0.2) is 63.5 Å². The van der Waals surface area contributed by atoms with E-state index in [1.54, 1.807) is 56.3 Å². The molecular formula is C40H57N5O6. The zero-order chi connectivity index (χ0) is 37.3. The van der Waals surface area contributed by atoms with Crippen LogP contribution in [0.15, 0.2) is 54.7 Å². The minimum atomic E-state index is -2.18. The summed E-state index contributed by atoms with van der Waals surface area (Å²) in [6.45, 7) is 7.01. The summed E-state index contributed by atoms with van der Waals surface area (Å²) in [6.07, 6.45) is 6.92. The number of rotatable bonds is 16. The highest BCUT2D eigenvalue weighted by Crippen LogP contribution is 2.46. The monoisotopic (exact) mass is 703 g/mol. The predicted molar refractivity (Wildman–Crippen MR) is 195 cm³/mol. The van der Waals surface area contributed by atoms with Crippen molar-refractivity contribution in [1.82, 2.24) is 15.6 Å². The Kier molecular flexibility index (Phi) is 14.2. The second kappa shape index (κ2) is 18.1. The lowest BCUT2D eigenvalue weighted by atomic mass is 9.55. The highest BCUT2D eigenvalue weighted by atomic mass is 16.3. The molecule has 3 unspecified atom stereocenters. The molecule has 1 aromatic carbocycles. The third kappa shape index (κ3) is 9.17. The molecule has 2 fully saturated rings. The van der Waals surface area contributed by atoms with Gasteiger partial charge in [-0.2, -0.15) is 0 Å². The van der Waals surface area contributed by atoms with Gasteiger partial charge in [0, 0.05) is 18.7 Å². The van der Waals surface area contributed by atoms with Gasteiger partial charge in [-0.15, -0.1) is 0 Å². The highest BCUT2D eigenvalue weighted by Gasteiger charge is 2.64. The first kappa shape index (κ1) is 40.0. The molecule has 2 aromatic rings. The van der Waals surface area contributed by atoms with Gasteiger partial charge in [-0.1, -0.05) is 103 Å². The Balaban J connectivity index is 1.74. The SMILES string of the molecule is CC[C@H](C)[C@H](N)C(=O)C(NC(=O)[C@]1(C(C)C)C(=O)C(NC(=O)Cc2ccccc2)CC(=O)C1[C@H](O)[C@@H](N)CCC1CCCCC1)c1ccccn1. The molecule has 0 aliphatic heterocycles. The van der Waals surface area contributed by atoms with Crippen molar-refractivity contribution in [2.75, 3.05) is 0 Å². The fourth-order valence-corrected chi connectivity index (χ4v) is 8.02. The zero-order valence-electron chi connectivity index (χ0n) is 30.6. The van der Waals surface area contributed by atoms with E-state index in [1.165, 1.54) is 12.6 Å². The van der Waals surface area contributed by atoms with Gasteiger partial charge in [0.15, 0.2) is 11.6 Å². The van der Waals surface area contributed by atoms with Crippen LogP contribution in [-0.2, 0) is 30.4 Å². The number of Topliss-reactive ketones (excluding diaryl/α,β-unsaturated/α-hetero) is 3. The van der Waals surface area contributed by atoms with Crippen LogP contribution in [0, 0.1) is 29.1 Å². The van der Waals surface area contributed by atoms with E-state index in [0.717, 1.165) is 32.1 Å². The van der Waals surface area contributed by atoms with E-state index < -0.39 is 83.1 Å². The average Bonchev–Trinajstić information content (AvgIpc) is 3.13. The predicted octanol–water partition coefficient (Wildman–Crippen LogP) is 3.76. The van der Waals surface area contributed by atoms with Crippen molar-refractivity contribution < 1.29 is 29.1 Å². The molecule has 2 saturated carbocycles. The first-order valence-electron chi connectivity index (χ1n) is 18.7. The number of benzene rings is 1. The second-order valence-corrected chi connectivity index (χ2v) is 15.0. The Morgan fingerprint density at radius 2 is 1.65 bits per heavy atom. The molecule has 2 amide bonds. The van der Waals surface area contributed by atoms with Gasteiger partial charge in [0.1, 0.15) is 17.2 Å². The summed E-state index contributed by atoms with van der Waals surface area (Å²) in [5.41, 5.74) is 11.8. The maximum Gasteiger partial charge on any atom is 0.235 e. The van der Waals surface area contributed by atoms with Gasteiger partial charge in [0.2, 0.25) is 11.8 Å². The van der Waals surface area contributed by atoms with E-state index in [4.69, 9.17) is 11.5 Å². The molecule has 0 bridgehead atoms. The molecule has 0 saturated heterocycles. The van der Waals surface area contributed by atoms with E-state index in [9.17, 15) is 29.1 Å². The first-order valence-corrected chi connectivity index (χ1v) is 18.7. The van der Waals surface area contributed by atoms with E-state index in [1.807, 2.05) is 19.9 Å². The Morgan fingerprint density at radius 3 is 2.25 bits per heavy atom. The normalized spacial score (nSPS) is 24.3. The summed E-state index contributed by atoms with van der Waals surface area (Å²) < 4.78 is 0. The van der Waals surface area contributed by atoms with Crippen molar-refractivity contribution in [3.05, 3.63) is 66.0 Å². The van der Waals surface area contributed by atoms with Crippen LogP contribution >= 0.6 is 0 Å². The second-order valence-electron chi connectivity index (χ2n) is 15.0. The van der Waals surface area contributed by atoms with Crippen molar-refractivity contribution in [1.29, 1.82) is 0 Å². The first-order chi connectivity index (χ1) is 24.3. The lowest BCUT2D eigenvalue weighted by Gasteiger charge is -2.48. The minimum absolute atomic E-state index is 0.0401. The van der Waals surface area contributed by atoms with Gasteiger partial charge in [0.25, 0.3) is 0 Å². The summed E-state index contributed by atoms with van der Waals surface area (Å²) in [6, 6.07) is 9.37. The van der Waals surface area contributed by atoms with Crippen molar-refractivity contribution in [3.8, 4) is 0 Å². The molecule has 8 atom stereocenters. The molecule has 1 aromatic heterocycles. The van der Waals surface area contributed by atoms with Crippen LogP contribution in [0.2, 0.25) is 0 Å². The molecule has 2 aliphatic rings. The molecule has 11 nitrogen and oxygen atoms in total. The van der Waals surface area contributed by atoms with Gasteiger partial charge < -0.3 is 27.2 Å². The average molecular weight is 704 g/mol. The number of aromatic nitrogens is 1. The number of hydrogen-bond acceptors (Lipinski definition) is 9. The third-order valence-electron chi connectivity index (χ3n) is 11.3. The number of amides is 2. The maximum atomic E-state index is 15.0. The van der Waals surface area contributed by atoms with Crippen LogP contribution in [0.4, 0.5) is 0 Å². The topological polar surface area (TPSA) is 195 Å². The summed E-state index contributed by atoms with van der Waals surface area (Å²) in [5, 5.41) is 17.4. The van der Waals surface area contributed by atoms with Crippen LogP contribution in [0.1, 0.15) is 103 Å². The molecule has 2 aliphatic carbocycles. The standard InChI is InChI=1S/C40H57N5O6/c1-5-25(4)34(42)37(49)35(29-18-12-13-21-43-29)45-39(51)40(24(2)3)33(36(48)28(41)20-19-26-14-8-6-9-15-26)31(46)23-30(38(40)50)44-32(47)22-27-16-10-7-11-17-27/h7,10-13,16-18,21,24-26,28,30,33-36,48H,5-6,8-9,14-15,19-20,22-23,41-42H2,1-4H3,(H,44,47)(H,45,51)/t25-,28-,30?,33?,34-,35?,36+,40-/m0/s1. The smallest absolute Gasteiger partial charge is 0.235 e. The number of aliphatic hydroxyl groups is 1. The lowest BCUT2D eigenvalue weighted by Crippen LogP contribution is -2.69. The fourth-order valence-electron chi connectivity index (χ4n) is 8.02. The van der Waals surface area contributed by atoms with E-state index >= 15 is 0 Å². The fraction of sp³-hybridized carbons (Fsp3) is 0.600. The van der Waals surface area contributed by atoms with Gasteiger partial charge in [-0.25, -0.2) is 0 Å². The molecule has 11 heteroatoms. The Labute approximate surface area is 302 Å². The number of nitrogens with one attached hydrogen (secondary N) is 2. The van der Waals surface area contributed by atoms with Crippen LogP contribution in [0.25, 0.3) is 0 Å². The van der Waals surface area contributed by atoms with Crippen molar-refractivity contribution >= 4 is 29.2 Å². The highest BCUT2D eigenvalue weighted by molar-refractivity contribution is 6.17. The van der Waals surface area contributed by atoms with Gasteiger partial charge in [0.05, 0.1) is 36.2 Å². The molecule has 1 heterocycles. The third-order valence-corrected chi connectivity index (χ3v) is 11.3. The molecular weight excluding hydrogens is 646 g/mol. The summed E-state index contributed by atoms with van der Waals surface area (Å²) in [5.74, 6) is -5.30. The number of carbonyl (C=O) groups is 5. The minimum Gasteiger partial charge on any atom is -0.391 e. The van der Waals surface area contributed by atoms with Crippen molar-refractivity contribution in [2.45, 2.75) is 122 Å². The quantitative estimate of drug-likeness (QED) is 0.162. The number of aliphatic hydroxyl groups excluding tert-OH is 1. The van der Waals surface area contributed by atoms with Gasteiger partial charge in [-0.3, -0.25) is 29.0 Å².